The van der Waals surface area contributed by atoms with Gasteiger partial charge in [-0.25, -0.2) is 0 Å². The standard InChI is InChI=1S/C16H32N4/c1-7-14(4)20-9-8-15(18-20)11-17-16(10-13(2)3)12-19(5)6/h8-9,13-14,16-17H,7,10-12H2,1-6H3. The van der Waals surface area contributed by atoms with Gasteiger partial charge in [-0.05, 0) is 45.8 Å². The van der Waals surface area contributed by atoms with E-state index in [0.29, 0.717) is 18.0 Å². The van der Waals surface area contributed by atoms with Crippen LogP contribution in [-0.4, -0.2) is 41.4 Å². The van der Waals surface area contributed by atoms with E-state index in [2.05, 4.69) is 74.1 Å². The molecule has 4 nitrogen and oxygen atoms in total. The van der Waals surface area contributed by atoms with E-state index in [1.54, 1.807) is 0 Å². The van der Waals surface area contributed by atoms with Gasteiger partial charge in [0.05, 0.1) is 5.69 Å². The van der Waals surface area contributed by atoms with Gasteiger partial charge < -0.3 is 10.2 Å². The highest BCUT2D eigenvalue weighted by atomic mass is 15.3. The van der Waals surface area contributed by atoms with Gasteiger partial charge in [0.15, 0.2) is 0 Å². The van der Waals surface area contributed by atoms with Crippen LogP contribution in [0.4, 0.5) is 0 Å². The predicted octanol–water partition coefficient (Wildman–Crippen LogP) is 2.92. The van der Waals surface area contributed by atoms with Gasteiger partial charge in [0.2, 0.25) is 0 Å². The summed E-state index contributed by atoms with van der Waals surface area (Å²) in [7, 11) is 4.26. The van der Waals surface area contributed by atoms with E-state index < -0.39 is 0 Å². The first-order chi connectivity index (χ1) is 9.42. The predicted molar refractivity (Wildman–Crippen MR) is 85.9 cm³/mol. The quantitative estimate of drug-likeness (QED) is 0.755. The molecule has 1 aromatic heterocycles. The highest BCUT2D eigenvalue weighted by Crippen LogP contribution is 2.10. The lowest BCUT2D eigenvalue weighted by Gasteiger charge is -2.23. The number of aromatic nitrogens is 2. The Balaban J connectivity index is 2.51. The van der Waals surface area contributed by atoms with Gasteiger partial charge in [0.1, 0.15) is 0 Å². The molecule has 0 aliphatic heterocycles. The Labute approximate surface area is 124 Å². The minimum Gasteiger partial charge on any atom is -0.308 e. The fourth-order valence-corrected chi connectivity index (χ4v) is 2.39. The van der Waals surface area contributed by atoms with Gasteiger partial charge in [-0.1, -0.05) is 20.8 Å². The second-order valence-electron chi connectivity index (χ2n) is 6.51. The second-order valence-corrected chi connectivity index (χ2v) is 6.51. The van der Waals surface area contributed by atoms with Crippen molar-refractivity contribution >= 4 is 0 Å². The fourth-order valence-electron chi connectivity index (χ4n) is 2.39. The molecule has 116 valence electrons. The Morgan fingerprint density at radius 2 is 2.00 bits per heavy atom. The number of rotatable bonds is 9. The van der Waals surface area contributed by atoms with Gasteiger partial charge in [-0.15, -0.1) is 0 Å². The first-order valence-corrected chi connectivity index (χ1v) is 7.84. The summed E-state index contributed by atoms with van der Waals surface area (Å²) >= 11 is 0. The molecule has 4 heteroatoms. The fraction of sp³-hybridized carbons (Fsp3) is 0.812. The SMILES string of the molecule is CCC(C)n1ccc(CNC(CC(C)C)CN(C)C)n1. The van der Waals surface area contributed by atoms with Gasteiger partial charge in [0, 0.05) is 31.4 Å². The van der Waals surface area contributed by atoms with Crippen LogP contribution in [0.3, 0.4) is 0 Å². The monoisotopic (exact) mass is 280 g/mol. The first kappa shape index (κ1) is 17.2. The molecule has 1 aromatic rings. The molecule has 20 heavy (non-hydrogen) atoms. The van der Waals surface area contributed by atoms with E-state index in [1.807, 2.05) is 0 Å². The molecule has 0 radical (unpaired) electrons. The van der Waals surface area contributed by atoms with Crippen molar-refractivity contribution in [1.82, 2.24) is 20.0 Å². The van der Waals surface area contributed by atoms with Crippen LogP contribution < -0.4 is 5.32 Å². The van der Waals surface area contributed by atoms with E-state index in [1.165, 1.54) is 6.42 Å². The number of likely N-dealkylation sites (N-methyl/N-ethyl adjacent to an activating group) is 1. The van der Waals surface area contributed by atoms with Crippen LogP contribution in [-0.2, 0) is 6.54 Å². The molecular weight excluding hydrogens is 248 g/mol. The van der Waals surface area contributed by atoms with E-state index in [9.17, 15) is 0 Å². The second kappa shape index (κ2) is 8.42. The molecule has 0 fully saturated rings. The zero-order chi connectivity index (χ0) is 15.1. The van der Waals surface area contributed by atoms with Crippen molar-refractivity contribution in [3.05, 3.63) is 18.0 Å². The summed E-state index contributed by atoms with van der Waals surface area (Å²) in [5, 5.41) is 8.30. The summed E-state index contributed by atoms with van der Waals surface area (Å²) in [6, 6.07) is 3.14. The Kier molecular flexibility index (Phi) is 7.24. The highest BCUT2D eigenvalue weighted by Gasteiger charge is 2.12. The largest absolute Gasteiger partial charge is 0.308 e. The van der Waals surface area contributed by atoms with Gasteiger partial charge in [0.25, 0.3) is 0 Å². The lowest BCUT2D eigenvalue weighted by Crippen LogP contribution is -2.38. The molecule has 0 bridgehead atoms. The van der Waals surface area contributed by atoms with E-state index in [-0.39, 0.29) is 0 Å². The minimum atomic E-state index is 0.483. The third-order valence-electron chi connectivity index (χ3n) is 3.62. The molecule has 1 heterocycles. The molecule has 0 saturated heterocycles. The zero-order valence-corrected chi connectivity index (χ0v) is 14.1. The first-order valence-electron chi connectivity index (χ1n) is 7.84. The van der Waals surface area contributed by atoms with Crippen molar-refractivity contribution in [3.8, 4) is 0 Å². The third-order valence-corrected chi connectivity index (χ3v) is 3.62. The molecule has 2 atom stereocenters. The summed E-state index contributed by atoms with van der Waals surface area (Å²) < 4.78 is 2.07. The van der Waals surface area contributed by atoms with Crippen molar-refractivity contribution in [2.75, 3.05) is 20.6 Å². The van der Waals surface area contributed by atoms with Crippen LogP contribution in [0.5, 0.6) is 0 Å². The molecule has 0 aliphatic rings. The maximum atomic E-state index is 4.65. The minimum absolute atomic E-state index is 0.483. The zero-order valence-electron chi connectivity index (χ0n) is 14.1. The third kappa shape index (κ3) is 6.06. The maximum Gasteiger partial charge on any atom is 0.0762 e. The van der Waals surface area contributed by atoms with Crippen LogP contribution in [0.1, 0.15) is 52.3 Å². The van der Waals surface area contributed by atoms with Crippen LogP contribution in [0, 0.1) is 5.92 Å². The Morgan fingerprint density at radius 3 is 2.55 bits per heavy atom. The summed E-state index contributed by atoms with van der Waals surface area (Å²) in [5.74, 6) is 0.713. The van der Waals surface area contributed by atoms with Crippen LogP contribution in [0.15, 0.2) is 12.3 Å². The Hall–Kier alpha value is -0.870. The van der Waals surface area contributed by atoms with Crippen LogP contribution in [0.25, 0.3) is 0 Å². The average molecular weight is 280 g/mol. The Bertz CT molecular complexity index is 360. The van der Waals surface area contributed by atoms with Crippen molar-refractivity contribution in [2.24, 2.45) is 5.92 Å². The average Bonchev–Trinajstić information content (AvgIpc) is 2.82. The lowest BCUT2D eigenvalue weighted by atomic mass is 10.0. The smallest absolute Gasteiger partial charge is 0.0762 e. The molecule has 1 N–H and O–H groups in total. The molecule has 2 unspecified atom stereocenters. The lowest BCUT2D eigenvalue weighted by molar-refractivity contribution is 0.304. The molecule has 1 rings (SSSR count). The van der Waals surface area contributed by atoms with Crippen molar-refractivity contribution in [3.63, 3.8) is 0 Å². The summed E-state index contributed by atoms with van der Waals surface area (Å²) in [6.45, 7) is 10.9. The van der Waals surface area contributed by atoms with Crippen molar-refractivity contribution in [1.29, 1.82) is 0 Å². The highest BCUT2D eigenvalue weighted by molar-refractivity contribution is 4.99. The van der Waals surface area contributed by atoms with Gasteiger partial charge in [-0.2, -0.15) is 5.10 Å². The molecule has 0 amide bonds. The van der Waals surface area contributed by atoms with Crippen LogP contribution >= 0.6 is 0 Å². The number of hydrogen-bond acceptors (Lipinski definition) is 3. The molecular formula is C16H32N4. The topological polar surface area (TPSA) is 33.1 Å². The Morgan fingerprint density at radius 1 is 1.30 bits per heavy atom. The number of nitrogens with one attached hydrogen (secondary N) is 1. The van der Waals surface area contributed by atoms with E-state index >= 15 is 0 Å². The summed E-state index contributed by atoms with van der Waals surface area (Å²) in [5.41, 5.74) is 1.14. The van der Waals surface area contributed by atoms with E-state index in [4.69, 9.17) is 0 Å². The van der Waals surface area contributed by atoms with Gasteiger partial charge in [-0.3, -0.25) is 4.68 Å². The van der Waals surface area contributed by atoms with Crippen LogP contribution in [0.2, 0.25) is 0 Å². The number of nitrogens with zero attached hydrogens (tertiary/aromatic N) is 3. The summed E-state index contributed by atoms with van der Waals surface area (Å²) in [4.78, 5) is 2.25. The number of hydrogen-bond donors (Lipinski definition) is 1. The maximum absolute atomic E-state index is 4.65. The molecule has 0 aliphatic carbocycles. The normalized spacial score (nSPS) is 15.0. The van der Waals surface area contributed by atoms with Crippen molar-refractivity contribution in [2.45, 2.75) is 59.2 Å². The van der Waals surface area contributed by atoms with E-state index in [0.717, 1.165) is 25.2 Å². The van der Waals surface area contributed by atoms with Crippen molar-refractivity contribution < 1.29 is 0 Å². The molecule has 0 spiro atoms. The molecule has 0 saturated carbocycles. The van der Waals surface area contributed by atoms with Gasteiger partial charge >= 0.3 is 0 Å². The molecule has 0 aromatic carbocycles. The summed E-state index contributed by atoms with van der Waals surface area (Å²) in [6.07, 6.45) is 4.41.